The molecule has 0 atom stereocenters. The number of nitrogens with two attached hydrogens (primary N) is 1. The minimum absolute atomic E-state index is 0.0593. The molecule has 98 valence electrons. The first-order chi connectivity index (χ1) is 9.16. The van der Waals surface area contributed by atoms with Gasteiger partial charge in [-0.1, -0.05) is 30.3 Å². The van der Waals surface area contributed by atoms with Crippen LogP contribution < -0.4 is 11.1 Å². The second-order valence-corrected chi connectivity index (χ2v) is 4.19. The van der Waals surface area contributed by atoms with Crippen molar-refractivity contribution in [1.29, 1.82) is 0 Å². The van der Waals surface area contributed by atoms with Gasteiger partial charge >= 0.3 is 0 Å². The van der Waals surface area contributed by atoms with Crippen molar-refractivity contribution in [1.82, 2.24) is 15.3 Å². The molecule has 2 rings (SSSR count). The quantitative estimate of drug-likeness (QED) is 0.866. The number of benzene rings is 1. The molecule has 0 fully saturated rings. The van der Waals surface area contributed by atoms with Crippen molar-refractivity contribution in [3.05, 3.63) is 42.2 Å². The molecule has 0 spiro atoms. The van der Waals surface area contributed by atoms with Crippen LogP contribution in [-0.4, -0.2) is 22.4 Å². The molecule has 0 saturated heterocycles. The van der Waals surface area contributed by atoms with Crippen LogP contribution >= 0.6 is 0 Å². The van der Waals surface area contributed by atoms with Gasteiger partial charge in [0.15, 0.2) is 5.82 Å². The van der Waals surface area contributed by atoms with Gasteiger partial charge in [0, 0.05) is 25.5 Å². The molecule has 0 bridgehead atoms. The Morgan fingerprint density at radius 1 is 1.32 bits per heavy atom. The van der Waals surface area contributed by atoms with Gasteiger partial charge in [-0.05, 0) is 0 Å². The summed E-state index contributed by atoms with van der Waals surface area (Å²) in [5.74, 6) is 0.587. The lowest BCUT2D eigenvalue weighted by Crippen LogP contribution is -2.23. The van der Waals surface area contributed by atoms with Crippen LogP contribution in [0, 0.1) is 0 Å². The van der Waals surface area contributed by atoms with E-state index in [0.717, 1.165) is 11.3 Å². The lowest BCUT2D eigenvalue weighted by atomic mass is 10.2. The maximum Gasteiger partial charge on any atom is 0.216 e. The topological polar surface area (TPSA) is 80.9 Å². The number of nitrogen functional groups attached to an aromatic ring is 1. The fourth-order valence-corrected chi connectivity index (χ4v) is 1.71. The van der Waals surface area contributed by atoms with E-state index in [2.05, 4.69) is 15.3 Å². The third-order valence-electron chi connectivity index (χ3n) is 2.67. The molecule has 0 aliphatic heterocycles. The van der Waals surface area contributed by atoms with E-state index in [9.17, 15) is 4.79 Å². The SMILES string of the molecule is CC(=O)NCCc1nc(-c2ccccc2)ncc1N. The summed E-state index contributed by atoms with van der Waals surface area (Å²) in [5.41, 5.74) is 8.09. The Bertz CT molecular complexity index is 569. The normalized spacial score (nSPS) is 10.2. The average Bonchev–Trinajstić information content (AvgIpc) is 2.41. The monoisotopic (exact) mass is 256 g/mol. The number of rotatable bonds is 4. The summed E-state index contributed by atoms with van der Waals surface area (Å²) < 4.78 is 0. The van der Waals surface area contributed by atoms with Crippen LogP contribution in [0.25, 0.3) is 11.4 Å². The summed E-state index contributed by atoms with van der Waals surface area (Å²) in [4.78, 5) is 19.5. The Morgan fingerprint density at radius 2 is 2.05 bits per heavy atom. The second-order valence-electron chi connectivity index (χ2n) is 4.19. The zero-order chi connectivity index (χ0) is 13.7. The summed E-state index contributed by atoms with van der Waals surface area (Å²) in [6, 6.07) is 9.71. The van der Waals surface area contributed by atoms with Crippen molar-refractivity contribution in [2.24, 2.45) is 0 Å². The summed E-state index contributed by atoms with van der Waals surface area (Å²) in [7, 11) is 0. The molecule has 1 aromatic heterocycles. The van der Waals surface area contributed by atoms with Crippen molar-refractivity contribution >= 4 is 11.6 Å². The van der Waals surface area contributed by atoms with Crippen LogP contribution in [0.15, 0.2) is 36.5 Å². The lowest BCUT2D eigenvalue weighted by Gasteiger charge is -2.07. The third-order valence-corrected chi connectivity index (χ3v) is 2.67. The van der Waals surface area contributed by atoms with E-state index in [1.807, 2.05) is 30.3 Å². The maximum absolute atomic E-state index is 10.8. The summed E-state index contributed by atoms with van der Waals surface area (Å²) in [6.45, 7) is 2.00. The Balaban J connectivity index is 2.18. The van der Waals surface area contributed by atoms with Gasteiger partial charge in [-0.15, -0.1) is 0 Å². The molecule has 1 amide bonds. The predicted molar refractivity (Wildman–Crippen MR) is 74.3 cm³/mol. The fourth-order valence-electron chi connectivity index (χ4n) is 1.71. The minimum Gasteiger partial charge on any atom is -0.396 e. The number of carbonyl (C=O) groups excluding carboxylic acids is 1. The van der Waals surface area contributed by atoms with Gasteiger partial charge in [0.2, 0.25) is 5.91 Å². The smallest absolute Gasteiger partial charge is 0.216 e. The van der Waals surface area contributed by atoms with Gasteiger partial charge in [0.25, 0.3) is 0 Å². The number of anilines is 1. The lowest BCUT2D eigenvalue weighted by molar-refractivity contribution is -0.118. The van der Waals surface area contributed by atoms with Crippen molar-refractivity contribution in [2.45, 2.75) is 13.3 Å². The summed E-state index contributed by atoms with van der Waals surface area (Å²) in [5, 5.41) is 2.73. The molecule has 1 heterocycles. The highest BCUT2D eigenvalue weighted by Gasteiger charge is 2.06. The Morgan fingerprint density at radius 3 is 2.74 bits per heavy atom. The number of nitrogens with one attached hydrogen (secondary N) is 1. The standard InChI is InChI=1S/C14H16N4O/c1-10(19)16-8-7-13-12(15)9-17-14(18-13)11-5-3-2-4-6-11/h2-6,9H,7-8,15H2,1H3,(H,16,19). The van der Waals surface area contributed by atoms with Crippen molar-refractivity contribution < 1.29 is 4.79 Å². The Hall–Kier alpha value is -2.43. The average molecular weight is 256 g/mol. The van der Waals surface area contributed by atoms with E-state index in [1.165, 1.54) is 6.92 Å². The van der Waals surface area contributed by atoms with Gasteiger partial charge in [-0.25, -0.2) is 9.97 Å². The van der Waals surface area contributed by atoms with E-state index < -0.39 is 0 Å². The van der Waals surface area contributed by atoms with Crippen molar-refractivity contribution in [3.63, 3.8) is 0 Å². The largest absolute Gasteiger partial charge is 0.396 e. The number of nitrogens with zero attached hydrogens (tertiary/aromatic N) is 2. The molecular formula is C14H16N4O. The van der Waals surface area contributed by atoms with Crippen LogP contribution in [0.1, 0.15) is 12.6 Å². The third kappa shape index (κ3) is 3.51. The molecule has 5 heteroatoms. The van der Waals surface area contributed by atoms with Gasteiger partial charge < -0.3 is 11.1 Å². The van der Waals surface area contributed by atoms with Gasteiger partial charge in [-0.2, -0.15) is 0 Å². The van der Waals surface area contributed by atoms with Crippen LogP contribution in [0.2, 0.25) is 0 Å². The Labute approximate surface area is 111 Å². The fraction of sp³-hybridized carbons (Fsp3) is 0.214. The maximum atomic E-state index is 10.8. The van der Waals surface area contributed by atoms with E-state index in [1.54, 1.807) is 6.20 Å². The molecule has 0 aliphatic carbocycles. The second kappa shape index (κ2) is 5.95. The van der Waals surface area contributed by atoms with Gasteiger partial charge in [-0.3, -0.25) is 4.79 Å². The number of hydrogen-bond acceptors (Lipinski definition) is 4. The number of hydrogen-bond donors (Lipinski definition) is 2. The molecule has 2 aromatic rings. The molecule has 5 nitrogen and oxygen atoms in total. The number of carbonyl (C=O) groups is 1. The van der Waals surface area contributed by atoms with E-state index in [-0.39, 0.29) is 5.91 Å². The van der Waals surface area contributed by atoms with Crippen LogP contribution in [0.3, 0.4) is 0 Å². The highest BCUT2D eigenvalue weighted by molar-refractivity contribution is 5.72. The molecular weight excluding hydrogens is 240 g/mol. The molecule has 0 radical (unpaired) electrons. The van der Waals surface area contributed by atoms with Gasteiger partial charge in [0.05, 0.1) is 17.6 Å². The van der Waals surface area contributed by atoms with Crippen LogP contribution in [0.5, 0.6) is 0 Å². The highest BCUT2D eigenvalue weighted by Crippen LogP contribution is 2.17. The predicted octanol–water partition coefficient (Wildman–Crippen LogP) is 1.40. The zero-order valence-corrected chi connectivity index (χ0v) is 10.8. The van der Waals surface area contributed by atoms with E-state index in [0.29, 0.717) is 24.5 Å². The minimum atomic E-state index is -0.0593. The molecule has 0 unspecified atom stereocenters. The molecule has 1 aromatic carbocycles. The zero-order valence-electron chi connectivity index (χ0n) is 10.8. The van der Waals surface area contributed by atoms with Crippen LogP contribution in [-0.2, 0) is 11.2 Å². The van der Waals surface area contributed by atoms with Crippen molar-refractivity contribution in [3.8, 4) is 11.4 Å². The molecule has 3 N–H and O–H groups in total. The summed E-state index contributed by atoms with van der Waals surface area (Å²) in [6.07, 6.45) is 2.20. The number of amides is 1. The van der Waals surface area contributed by atoms with E-state index >= 15 is 0 Å². The molecule has 19 heavy (non-hydrogen) atoms. The highest BCUT2D eigenvalue weighted by atomic mass is 16.1. The first-order valence-electron chi connectivity index (χ1n) is 6.08. The first kappa shape index (κ1) is 13.0. The van der Waals surface area contributed by atoms with Crippen molar-refractivity contribution in [2.75, 3.05) is 12.3 Å². The van der Waals surface area contributed by atoms with Gasteiger partial charge in [0.1, 0.15) is 0 Å². The molecule has 0 saturated carbocycles. The first-order valence-corrected chi connectivity index (χ1v) is 6.08. The number of aromatic nitrogens is 2. The Kier molecular flexibility index (Phi) is 4.07. The van der Waals surface area contributed by atoms with Crippen LogP contribution in [0.4, 0.5) is 5.69 Å². The molecule has 0 aliphatic rings. The summed E-state index contributed by atoms with van der Waals surface area (Å²) >= 11 is 0. The van der Waals surface area contributed by atoms with E-state index in [4.69, 9.17) is 5.73 Å².